The van der Waals surface area contributed by atoms with Crippen molar-refractivity contribution in [3.8, 4) is 5.75 Å². The number of anilines is 1. The summed E-state index contributed by atoms with van der Waals surface area (Å²) in [6.45, 7) is 6.44. The molecule has 1 aromatic carbocycles. The fourth-order valence-corrected chi connectivity index (χ4v) is 3.75. The lowest BCUT2D eigenvalue weighted by Gasteiger charge is -2.36. The second-order valence-electron chi connectivity index (χ2n) is 7.13. The Balaban J connectivity index is 1.61. The first kappa shape index (κ1) is 16.6. The number of carboxylic acid groups (broad SMARTS) is 1. The molecule has 2 unspecified atom stereocenters. The number of carbonyl (C=O) groups excluding carboxylic acids is 1. The fourth-order valence-electron chi connectivity index (χ4n) is 3.75. The molecule has 2 fully saturated rings. The second kappa shape index (κ2) is 6.00. The van der Waals surface area contributed by atoms with Gasteiger partial charge in [0.15, 0.2) is 0 Å². The van der Waals surface area contributed by atoms with Gasteiger partial charge < -0.3 is 19.6 Å². The van der Waals surface area contributed by atoms with Gasteiger partial charge in [0.25, 0.3) is 0 Å². The summed E-state index contributed by atoms with van der Waals surface area (Å²) >= 11 is 0. The summed E-state index contributed by atoms with van der Waals surface area (Å²) in [6.07, 6.45) is 0. The Labute approximate surface area is 142 Å². The highest BCUT2D eigenvalue weighted by Crippen LogP contribution is 2.59. The van der Waals surface area contributed by atoms with Crippen LogP contribution in [0.15, 0.2) is 24.3 Å². The third-order valence-corrected chi connectivity index (χ3v) is 5.37. The SMILES string of the molecule is COc1cccc(N2CCN(C(=O)C3C(C(=O)O)C3(C)C)CC2)c1. The van der Waals surface area contributed by atoms with Gasteiger partial charge in [-0.1, -0.05) is 19.9 Å². The standard InChI is InChI=1S/C18H24N2O4/c1-18(2)14(15(18)17(22)23)16(21)20-9-7-19(8-10-20)12-5-4-6-13(11-12)24-3/h4-6,11,14-15H,7-10H2,1-3H3,(H,22,23). The van der Waals surface area contributed by atoms with E-state index in [2.05, 4.69) is 4.90 Å². The van der Waals surface area contributed by atoms with Crippen LogP contribution in [0.5, 0.6) is 5.75 Å². The van der Waals surface area contributed by atoms with E-state index >= 15 is 0 Å². The fraction of sp³-hybridized carbons (Fsp3) is 0.556. The molecule has 1 amide bonds. The van der Waals surface area contributed by atoms with Crippen molar-refractivity contribution in [3.63, 3.8) is 0 Å². The summed E-state index contributed by atoms with van der Waals surface area (Å²) in [7, 11) is 1.64. The van der Waals surface area contributed by atoms with Crippen LogP contribution < -0.4 is 9.64 Å². The maximum atomic E-state index is 12.7. The van der Waals surface area contributed by atoms with Crippen LogP contribution in [0.1, 0.15) is 13.8 Å². The van der Waals surface area contributed by atoms with Crippen molar-refractivity contribution >= 4 is 17.6 Å². The minimum Gasteiger partial charge on any atom is -0.497 e. The minimum atomic E-state index is -0.867. The molecular weight excluding hydrogens is 308 g/mol. The molecule has 1 saturated heterocycles. The molecule has 1 saturated carbocycles. The minimum absolute atomic E-state index is 0.0160. The van der Waals surface area contributed by atoms with Gasteiger partial charge in [0.2, 0.25) is 5.91 Å². The highest BCUT2D eigenvalue weighted by molar-refractivity contribution is 5.91. The Bertz CT molecular complexity index is 650. The highest BCUT2D eigenvalue weighted by atomic mass is 16.5. The first-order chi connectivity index (χ1) is 11.4. The van der Waals surface area contributed by atoms with E-state index in [1.165, 1.54) is 0 Å². The van der Waals surface area contributed by atoms with Gasteiger partial charge in [-0.15, -0.1) is 0 Å². The molecule has 3 rings (SSSR count). The van der Waals surface area contributed by atoms with Gasteiger partial charge in [-0.25, -0.2) is 0 Å². The Morgan fingerprint density at radius 2 is 1.83 bits per heavy atom. The third-order valence-electron chi connectivity index (χ3n) is 5.37. The predicted molar refractivity (Wildman–Crippen MR) is 90.2 cm³/mol. The summed E-state index contributed by atoms with van der Waals surface area (Å²) in [5.41, 5.74) is 0.643. The van der Waals surface area contributed by atoms with Crippen molar-refractivity contribution in [2.24, 2.45) is 17.3 Å². The van der Waals surface area contributed by atoms with E-state index in [9.17, 15) is 14.7 Å². The van der Waals surface area contributed by atoms with Gasteiger partial charge in [-0.2, -0.15) is 0 Å². The van der Waals surface area contributed by atoms with E-state index in [1.807, 2.05) is 43.0 Å². The number of hydrogen-bond acceptors (Lipinski definition) is 4. The Hall–Kier alpha value is -2.24. The second-order valence-corrected chi connectivity index (χ2v) is 7.13. The van der Waals surface area contributed by atoms with Crippen LogP contribution in [0, 0.1) is 17.3 Å². The van der Waals surface area contributed by atoms with Crippen molar-refractivity contribution in [2.75, 3.05) is 38.2 Å². The number of carbonyl (C=O) groups is 2. The number of piperazine rings is 1. The maximum absolute atomic E-state index is 12.7. The molecule has 2 atom stereocenters. The van der Waals surface area contributed by atoms with Crippen LogP contribution >= 0.6 is 0 Å². The summed E-state index contributed by atoms with van der Waals surface area (Å²) < 4.78 is 5.26. The van der Waals surface area contributed by atoms with Crippen LogP contribution in [0.3, 0.4) is 0 Å². The van der Waals surface area contributed by atoms with E-state index < -0.39 is 23.2 Å². The number of rotatable bonds is 4. The van der Waals surface area contributed by atoms with Crippen LogP contribution in [0.4, 0.5) is 5.69 Å². The lowest BCUT2D eigenvalue weighted by atomic mass is 10.1. The smallest absolute Gasteiger partial charge is 0.307 e. The number of nitrogens with zero attached hydrogens (tertiary/aromatic N) is 2. The molecule has 2 aliphatic rings. The highest BCUT2D eigenvalue weighted by Gasteiger charge is 2.66. The zero-order valence-corrected chi connectivity index (χ0v) is 14.4. The van der Waals surface area contributed by atoms with E-state index in [0.717, 1.165) is 24.5 Å². The molecule has 6 nitrogen and oxygen atoms in total. The normalized spacial score (nSPS) is 25.3. The van der Waals surface area contributed by atoms with E-state index in [-0.39, 0.29) is 5.91 Å². The van der Waals surface area contributed by atoms with Gasteiger partial charge in [0, 0.05) is 37.9 Å². The Morgan fingerprint density at radius 1 is 1.17 bits per heavy atom. The molecule has 1 aliphatic carbocycles. The van der Waals surface area contributed by atoms with Crippen molar-refractivity contribution in [3.05, 3.63) is 24.3 Å². The molecular formula is C18H24N2O4. The molecule has 1 aliphatic heterocycles. The molecule has 0 bridgehead atoms. The molecule has 0 aromatic heterocycles. The maximum Gasteiger partial charge on any atom is 0.307 e. The molecule has 0 radical (unpaired) electrons. The molecule has 1 heterocycles. The lowest BCUT2D eigenvalue weighted by molar-refractivity contribution is -0.142. The number of ether oxygens (including phenoxy) is 1. The zero-order valence-electron chi connectivity index (χ0n) is 14.4. The first-order valence-corrected chi connectivity index (χ1v) is 8.27. The van der Waals surface area contributed by atoms with Gasteiger partial charge in [0.1, 0.15) is 5.75 Å². The van der Waals surface area contributed by atoms with Crippen LogP contribution in [0.2, 0.25) is 0 Å². The number of carboxylic acids is 1. The first-order valence-electron chi connectivity index (χ1n) is 8.27. The lowest BCUT2D eigenvalue weighted by Crippen LogP contribution is -2.49. The summed E-state index contributed by atoms with van der Waals surface area (Å²) in [5, 5.41) is 9.26. The number of aliphatic carboxylic acids is 1. The number of benzene rings is 1. The topological polar surface area (TPSA) is 70.1 Å². The average Bonchev–Trinajstić information content (AvgIpc) is 3.17. The Kier molecular flexibility index (Phi) is 4.15. The summed E-state index contributed by atoms with van der Waals surface area (Å²) in [4.78, 5) is 28.0. The van der Waals surface area contributed by atoms with Crippen LogP contribution in [0.25, 0.3) is 0 Å². The van der Waals surface area contributed by atoms with Gasteiger partial charge in [-0.05, 0) is 17.5 Å². The molecule has 24 heavy (non-hydrogen) atoms. The van der Waals surface area contributed by atoms with E-state index in [0.29, 0.717) is 13.1 Å². The predicted octanol–water partition coefficient (Wildman–Crippen LogP) is 1.70. The van der Waals surface area contributed by atoms with Crippen molar-refractivity contribution in [1.29, 1.82) is 0 Å². The Morgan fingerprint density at radius 3 is 2.38 bits per heavy atom. The van der Waals surface area contributed by atoms with Crippen molar-refractivity contribution < 1.29 is 19.4 Å². The summed E-state index contributed by atoms with van der Waals surface area (Å²) in [6, 6.07) is 7.88. The van der Waals surface area contributed by atoms with E-state index in [4.69, 9.17) is 4.74 Å². The number of hydrogen-bond donors (Lipinski definition) is 1. The third kappa shape index (κ3) is 2.81. The summed E-state index contributed by atoms with van der Waals surface area (Å²) in [5.74, 6) is -1.01. The number of amides is 1. The van der Waals surface area contributed by atoms with Crippen LogP contribution in [-0.4, -0.2) is 55.2 Å². The van der Waals surface area contributed by atoms with Gasteiger partial charge in [-0.3, -0.25) is 9.59 Å². The molecule has 130 valence electrons. The molecule has 6 heteroatoms. The molecule has 0 spiro atoms. The number of methoxy groups -OCH3 is 1. The van der Waals surface area contributed by atoms with E-state index in [1.54, 1.807) is 7.11 Å². The van der Waals surface area contributed by atoms with Gasteiger partial charge in [0.05, 0.1) is 18.9 Å². The average molecular weight is 332 g/mol. The molecule has 1 N–H and O–H groups in total. The van der Waals surface area contributed by atoms with Crippen LogP contribution in [-0.2, 0) is 9.59 Å². The van der Waals surface area contributed by atoms with Gasteiger partial charge >= 0.3 is 5.97 Å². The zero-order chi connectivity index (χ0) is 17.5. The monoisotopic (exact) mass is 332 g/mol. The van der Waals surface area contributed by atoms with Crippen molar-refractivity contribution in [1.82, 2.24) is 4.90 Å². The quantitative estimate of drug-likeness (QED) is 0.909. The van der Waals surface area contributed by atoms with Crippen molar-refractivity contribution in [2.45, 2.75) is 13.8 Å². The molecule has 1 aromatic rings. The largest absolute Gasteiger partial charge is 0.497 e.